The topological polar surface area (TPSA) is 84.2 Å². The Morgan fingerprint density at radius 3 is 2.39 bits per heavy atom. The van der Waals surface area contributed by atoms with Gasteiger partial charge >= 0.3 is 5.97 Å². The summed E-state index contributed by atoms with van der Waals surface area (Å²) in [6.45, 7) is 9.21. The number of hydrogen-bond acceptors (Lipinski definition) is 4. The third kappa shape index (κ3) is 4.72. The number of fused-ring (bicyclic) bond motifs is 1. The number of amides is 1. The van der Waals surface area contributed by atoms with Crippen LogP contribution >= 0.6 is 23.4 Å². The van der Waals surface area contributed by atoms with E-state index in [1.165, 1.54) is 24.2 Å². The molecule has 164 valence electrons. The number of carbonyl (C=O) groups excluding carboxylic acids is 1. The molecule has 0 aliphatic rings. The summed E-state index contributed by atoms with van der Waals surface area (Å²) >= 11 is 7.76. The lowest BCUT2D eigenvalue weighted by atomic mass is 9.95. The van der Waals surface area contributed by atoms with Crippen LogP contribution < -0.4 is 5.32 Å². The molecule has 1 unspecified atom stereocenters. The van der Waals surface area contributed by atoms with E-state index in [0.29, 0.717) is 16.2 Å². The highest BCUT2D eigenvalue weighted by Crippen LogP contribution is 2.38. The average molecular weight is 460 g/mol. The summed E-state index contributed by atoms with van der Waals surface area (Å²) in [5.41, 5.74) is 2.12. The minimum atomic E-state index is -1.09. The summed E-state index contributed by atoms with van der Waals surface area (Å²) in [6, 6.07) is 11.3. The maximum atomic E-state index is 12.7. The molecule has 0 saturated heterocycles. The van der Waals surface area contributed by atoms with Gasteiger partial charge in [0.2, 0.25) is 5.91 Å². The molecule has 3 aromatic rings. The molecule has 1 heterocycles. The molecule has 0 bridgehead atoms. The molecule has 0 fully saturated rings. The van der Waals surface area contributed by atoms with Crippen molar-refractivity contribution in [2.24, 2.45) is 0 Å². The molecule has 6 nitrogen and oxygen atoms in total. The van der Waals surface area contributed by atoms with Crippen molar-refractivity contribution in [3.8, 4) is 5.69 Å². The van der Waals surface area contributed by atoms with Crippen LogP contribution in [0.3, 0.4) is 0 Å². The summed E-state index contributed by atoms with van der Waals surface area (Å²) in [4.78, 5) is 28.2. The number of aliphatic carboxylic acids is 1. The third-order valence-corrected chi connectivity index (χ3v) is 6.53. The van der Waals surface area contributed by atoms with Crippen molar-refractivity contribution in [2.75, 3.05) is 0 Å². The van der Waals surface area contributed by atoms with Crippen LogP contribution in [0.25, 0.3) is 16.5 Å². The zero-order valence-electron chi connectivity index (χ0n) is 18.1. The van der Waals surface area contributed by atoms with E-state index in [9.17, 15) is 9.59 Å². The number of imidazole rings is 1. The second kappa shape index (κ2) is 8.93. The van der Waals surface area contributed by atoms with E-state index in [4.69, 9.17) is 16.7 Å². The number of benzene rings is 2. The molecule has 0 saturated carbocycles. The van der Waals surface area contributed by atoms with Crippen LogP contribution in [0.15, 0.2) is 47.8 Å². The highest BCUT2D eigenvalue weighted by Gasteiger charge is 2.33. The van der Waals surface area contributed by atoms with Gasteiger partial charge in [0.15, 0.2) is 5.16 Å². The predicted molar refractivity (Wildman–Crippen MR) is 125 cm³/mol. The van der Waals surface area contributed by atoms with Crippen LogP contribution in [0.5, 0.6) is 0 Å². The molecule has 0 aliphatic heterocycles. The van der Waals surface area contributed by atoms with E-state index in [-0.39, 0.29) is 0 Å². The Balaban J connectivity index is 2.04. The summed E-state index contributed by atoms with van der Waals surface area (Å²) in [7, 11) is 0. The van der Waals surface area contributed by atoms with Gasteiger partial charge in [-0.3, -0.25) is 14.2 Å². The largest absolute Gasteiger partial charge is 0.480 e. The third-order valence-electron chi connectivity index (χ3n) is 5.10. The van der Waals surface area contributed by atoms with Gasteiger partial charge in [0.1, 0.15) is 11.2 Å². The van der Waals surface area contributed by atoms with E-state index in [0.717, 1.165) is 16.5 Å². The zero-order valence-corrected chi connectivity index (χ0v) is 19.7. The van der Waals surface area contributed by atoms with E-state index in [1.54, 1.807) is 20.0 Å². The lowest BCUT2D eigenvalue weighted by molar-refractivity contribution is -0.141. The van der Waals surface area contributed by atoms with Crippen LogP contribution in [-0.4, -0.2) is 37.3 Å². The van der Waals surface area contributed by atoms with Gasteiger partial charge in [-0.25, -0.2) is 4.98 Å². The summed E-state index contributed by atoms with van der Waals surface area (Å²) in [6.07, 6.45) is 1.56. The number of nitrogens with zero attached hydrogens (tertiary/aromatic N) is 2. The molecule has 2 aromatic carbocycles. The van der Waals surface area contributed by atoms with Crippen LogP contribution in [-0.2, 0) is 9.59 Å². The first-order valence-corrected chi connectivity index (χ1v) is 11.2. The summed E-state index contributed by atoms with van der Waals surface area (Å²) < 4.78 is 0.859. The fourth-order valence-corrected chi connectivity index (χ4v) is 4.59. The van der Waals surface area contributed by atoms with Gasteiger partial charge in [-0.05, 0) is 43.7 Å². The second-order valence-electron chi connectivity index (χ2n) is 8.22. The number of halogens is 1. The molecule has 1 atom stereocenters. The minimum Gasteiger partial charge on any atom is -0.480 e. The van der Waals surface area contributed by atoms with Crippen molar-refractivity contribution < 1.29 is 14.7 Å². The number of hydrogen-bond donors (Lipinski definition) is 2. The Morgan fingerprint density at radius 1 is 1.13 bits per heavy atom. The van der Waals surface area contributed by atoms with Gasteiger partial charge in [0.25, 0.3) is 0 Å². The molecule has 0 aliphatic carbocycles. The van der Waals surface area contributed by atoms with Crippen molar-refractivity contribution in [1.29, 1.82) is 0 Å². The maximum Gasteiger partial charge on any atom is 0.325 e. The quantitative estimate of drug-likeness (QED) is 0.470. The fraction of sp³-hybridized carbons (Fsp3) is 0.348. The van der Waals surface area contributed by atoms with Crippen molar-refractivity contribution in [2.45, 2.75) is 56.5 Å². The average Bonchev–Trinajstić information content (AvgIpc) is 3.05. The van der Waals surface area contributed by atoms with Crippen LogP contribution in [0.4, 0.5) is 0 Å². The predicted octanol–water partition coefficient (Wildman–Crippen LogP) is 5.26. The minimum absolute atomic E-state index is 0.366. The standard InChI is InChI=1S/C23H26ClN3O3S/c1-13(2)15-10-11-18(17-9-7-6-8-16(15)17)27-19(24)12-25-22(27)31-23(4,5)21(30)26-14(3)20(28)29/h6-14H,1-5H3,(H,26,30)(H,28,29). The molecule has 1 amide bonds. The summed E-state index contributed by atoms with van der Waals surface area (Å²) in [5.74, 6) is -1.11. The fourth-order valence-electron chi connectivity index (χ4n) is 3.32. The van der Waals surface area contributed by atoms with E-state index in [1.807, 2.05) is 28.8 Å². The number of thioether (sulfide) groups is 1. The monoisotopic (exact) mass is 459 g/mol. The molecule has 0 spiro atoms. The SMILES string of the molecule is CC(NC(=O)C(C)(C)Sc1ncc(Cl)n1-c1ccc(C(C)C)c2ccccc12)C(=O)O. The molecule has 0 radical (unpaired) electrons. The Kier molecular flexibility index (Phi) is 6.67. The Labute approximate surface area is 191 Å². The highest BCUT2D eigenvalue weighted by molar-refractivity contribution is 8.01. The van der Waals surface area contributed by atoms with E-state index >= 15 is 0 Å². The highest BCUT2D eigenvalue weighted by atomic mass is 35.5. The molecule has 2 N–H and O–H groups in total. The van der Waals surface area contributed by atoms with Gasteiger partial charge < -0.3 is 10.4 Å². The number of carbonyl (C=O) groups is 2. The molecular weight excluding hydrogens is 434 g/mol. The van der Waals surface area contributed by atoms with Gasteiger partial charge in [0.05, 0.1) is 16.6 Å². The molecule has 3 rings (SSSR count). The number of carboxylic acids is 1. The van der Waals surface area contributed by atoms with Crippen molar-refractivity contribution in [3.63, 3.8) is 0 Å². The van der Waals surface area contributed by atoms with Gasteiger partial charge in [-0.1, -0.05) is 67.5 Å². The Hall–Kier alpha value is -2.51. The number of rotatable bonds is 7. The number of nitrogens with one attached hydrogen (secondary N) is 1. The van der Waals surface area contributed by atoms with Crippen LogP contribution in [0, 0.1) is 0 Å². The summed E-state index contributed by atoms with van der Waals surface area (Å²) in [5, 5.41) is 14.8. The lowest BCUT2D eigenvalue weighted by Gasteiger charge is -2.24. The van der Waals surface area contributed by atoms with Gasteiger partial charge in [-0.15, -0.1) is 0 Å². The van der Waals surface area contributed by atoms with Crippen LogP contribution in [0.2, 0.25) is 5.15 Å². The van der Waals surface area contributed by atoms with Crippen molar-refractivity contribution >= 4 is 46.0 Å². The van der Waals surface area contributed by atoms with E-state index < -0.39 is 22.7 Å². The molecular formula is C23H26ClN3O3S. The first-order chi connectivity index (χ1) is 14.5. The van der Waals surface area contributed by atoms with Crippen molar-refractivity contribution in [1.82, 2.24) is 14.9 Å². The first kappa shape index (κ1) is 23.2. The van der Waals surface area contributed by atoms with E-state index in [2.05, 4.69) is 36.3 Å². The smallest absolute Gasteiger partial charge is 0.325 e. The first-order valence-electron chi connectivity index (χ1n) is 10.0. The maximum absolute atomic E-state index is 12.7. The van der Waals surface area contributed by atoms with Gasteiger partial charge in [0, 0.05) is 5.39 Å². The Bertz CT molecular complexity index is 1140. The normalized spacial score (nSPS) is 12.9. The molecule has 31 heavy (non-hydrogen) atoms. The van der Waals surface area contributed by atoms with Crippen LogP contribution in [0.1, 0.15) is 46.1 Å². The second-order valence-corrected chi connectivity index (χ2v) is 10.2. The lowest BCUT2D eigenvalue weighted by Crippen LogP contribution is -2.47. The zero-order chi connectivity index (χ0) is 22.9. The molecule has 1 aromatic heterocycles. The Morgan fingerprint density at radius 2 is 1.77 bits per heavy atom. The van der Waals surface area contributed by atoms with Crippen molar-refractivity contribution in [3.05, 3.63) is 53.3 Å². The number of aromatic nitrogens is 2. The number of carboxylic acid groups (broad SMARTS) is 1. The van der Waals surface area contributed by atoms with Gasteiger partial charge in [-0.2, -0.15) is 0 Å². The molecule has 8 heteroatoms.